The van der Waals surface area contributed by atoms with E-state index in [0.717, 1.165) is 0 Å². The number of carbonyl (C=O) groups is 3. The van der Waals surface area contributed by atoms with E-state index in [1.54, 1.807) is 13.8 Å². The van der Waals surface area contributed by atoms with E-state index in [1.807, 2.05) is 6.92 Å². The second-order valence-electron chi connectivity index (χ2n) is 3.29. The van der Waals surface area contributed by atoms with Gasteiger partial charge in [0.1, 0.15) is 0 Å². The highest BCUT2D eigenvalue weighted by atomic mass is 16.7. The summed E-state index contributed by atoms with van der Waals surface area (Å²) >= 11 is 0. The zero-order chi connectivity index (χ0) is 11.8. The van der Waals surface area contributed by atoms with Gasteiger partial charge in [-0.25, -0.2) is 4.79 Å². The van der Waals surface area contributed by atoms with Crippen LogP contribution >= 0.6 is 0 Å². The third kappa shape index (κ3) is 4.58. The average molecular weight is 215 g/mol. The molecule has 0 saturated carbocycles. The Bertz CT molecular complexity index is 240. The second-order valence-corrected chi connectivity index (χ2v) is 3.29. The van der Waals surface area contributed by atoms with Crippen LogP contribution in [0.15, 0.2) is 0 Å². The third-order valence-corrected chi connectivity index (χ3v) is 2.01. The van der Waals surface area contributed by atoms with E-state index in [9.17, 15) is 14.4 Å². The standard InChI is InChI=1S/C10H17NO4/c1-4-6-9(13)11(7-12)15-10(14)8(3)5-2/h7-8H,4-6H2,1-3H3. The van der Waals surface area contributed by atoms with Crippen LogP contribution in [0.1, 0.15) is 40.0 Å². The molecular formula is C10H17NO4. The second kappa shape index (κ2) is 6.98. The molecular weight excluding hydrogens is 198 g/mol. The summed E-state index contributed by atoms with van der Waals surface area (Å²) in [6.07, 6.45) is 1.61. The number of amides is 2. The molecule has 0 aromatic carbocycles. The highest BCUT2D eigenvalue weighted by Gasteiger charge is 2.20. The van der Waals surface area contributed by atoms with Gasteiger partial charge in [0, 0.05) is 6.42 Å². The lowest BCUT2D eigenvalue weighted by molar-refractivity contribution is -0.199. The number of hydrogen-bond donors (Lipinski definition) is 0. The van der Waals surface area contributed by atoms with Gasteiger partial charge in [0.05, 0.1) is 5.92 Å². The first-order valence-electron chi connectivity index (χ1n) is 5.05. The summed E-state index contributed by atoms with van der Waals surface area (Å²) in [7, 11) is 0. The molecule has 0 heterocycles. The first-order valence-corrected chi connectivity index (χ1v) is 5.05. The molecule has 0 N–H and O–H groups in total. The Morgan fingerprint density at radius 1 is 1.40 bits per heavy atom. The predicted octanol–water partition coefficient (Wildman–Crippen LogP) is 1.28. The SMILES string of the molecule is CCCC(=O)N(C=O)OC(=O)C(C)CC. The summed E-state index contributed by atoms with van der Waals surface area (Å²) in [5.74, 6) is -1.37. The van der Waals surface area contributed by atoms with Crippen LogP contribution in [0.3, 0.4) is 0 Å². The maximum absolute atomic E-state index is 11.3. The van der Waals surface area contributed by atoms with Crippen molar-refractivity contribution >= 4 is 18.3 Å². The van der Waals surface area contributed by atoms with Gasteiger partial charge in [0.15, 0.2) is 0 Å². The molecule has 0 rings (SSSR count). The Kier molecular flexibility index (Phi) is 6.33. The van der Waals surface area contributed by atoms with Crippen molar-refractivity contribution in [2.45, 2.75) is 40.0 Å². The van der Waals surface area contributed by atoms with Crippen LogP contribution < -0.4 is 0 Å². The maximum atomic E-state index is 11.3. The number of carbonyl (C=O) groups excluding carboxylic acids is 3. The Hall–Kier alpha value is -1.39. The van der Waals surface area contributed by atoms with Gasteiger partial charge in [-0.3, -0.25) is 9.59 Å². The number of imide groups is 1. The molecule has 0 aromatic heterocycles. The van der Waals surface area contributed by atoms with Crippen LogP contribution in [-0.2, 0) is 19.2 Å². The van der Waals surface area contributed by atoms with Crippen LogP contribution in [0.2, 0.25) is 0 Å². The molecule has 0 bridgehead atoms. The van der Waals surface area contributed by atoms with E-state index in [2.05, 4.69) is 4.84 Å². The molecule has 0 aliphatic rings. The lowest BCUT2D eigenvalue weighted by atomic mass is 10.1. The number of hydroxylamine groups is 2. The number of hydrogen-bond acceptors (Lipinski definition) is 4. The lowest BCUT2D eigenvalue weighted by Gasteiger charge is -2.16. The number of nitrogens with zero attached hydrogens (tertiary/aromatic N) is 1. The van der Waals surface area contributed by atoms with Crippen molar-refractivity contribution in [1.82, 2.24) is 5.06 Å². The summed E-state index contributed by atoms with van der Waals surface area (Å²) in [6, 6.07) is 0. The lowest BCUT2D eigenvalue weighted by Crippen LogP contribution is -2.34. The normalized spacial score (nSPS) is 11.7. The van der Waals surface area contributed by atoms with Gasteiger partial charge in [0.25, 0.3) is 12.3 Å². The van der Waals surface area contributed by atoms with Gasteiger partial charge in [-0.1, -0.05) is 20.8 Å². The predicted molar refractivity (Wildman–Crippen MR) is 53.4 cm³/mol. The molecule has 0 aliphatic heterocycles. The summed E-state index contributed by atoms with van der Waals surface area (Å²) in [6.45, 7) is 5.30. The topological polar surface area (TPSA) is 63.7 Å². The highest BCUT2D eigenvalue weighted by molar-refractivity contribution is 5.86. The Balaban J connectivity index is 4.26. The van der Waals surface area contributed by atoms with Gasteiger partial charge in [0.2, 0.25) is 0 Å². The van der Waals surface area contributed by atoms with E-state index in [4.69, 9.17) is 0 Å². The third-order valence-electron chi connectivity index (χ3n) is 2.01. The van der Waals surface area contributed by atoms with Gasteiger partial charge in [-0.05, 0) is 12.8 Å². The molecule has 0 radical (unpaired) electrons. The molecule has 1 unspecified atom stereocenters. The smallest absolute Gasteiger partial charge is 0.330 e. The van der Waals surface area contributed by atoms with Crippen LogP contribution in [0.25, 0.3) is 0 Å². The summed E-state index contributed by atoms with van der Waals surface area (Å²) in [5, 5.41) is 0.470. The largest absolute Gasteiger partial charge is 0.335 e. The molecule has 0 saturated heterocycles. The van der Waals surface area contributed by atoms with E-state index in [-0.39, 0.29) is 18.7 Å². The van der Waals surface area contributed by atoms with Gasteiger partial charge in [-0.15, -0.1) is 5.06 Å². The molecule has 0 spiro atoms. The molecule has 0 aromatic rings. The van der Waals surface area contributed by atoms with Crippen LogP contribution in [0.5, 0.6) is 0 Å². The fraction of sp³-hybridized carbons (Fsp3) is 0.700. The summed E-state index contributed by atoms with van der Waals surface area (Å²) in [4.78, 5) is 37.7. The molecule has 5 heteroatoms. The molecule has 2 amide bonds. The quantitative estimate of drug-likeness (QED) is 0.512. The van der Waals surface area contributed by atoms with E-state index >= 15 is 0 Å². The first kappa shape index (κ1) is 13.6. The van der Waals surface area contributed by atoms with Gasteiger partial charge < -0.3 is 4.84 Å². The zero-order valence-corrected chi connectivity index (χ0v) is 9.36. The monoisotopic (exact) mass is 215 g/mol. The minimum Gasteiger partial charge on any atom is -0.330 e. The molecule has 86 valence electrons. The number of rotatable bonds is 5. The summed E-state index contributed by atoms with van der Waals surface area (Å²) < 4.78 is 0. The minimum absolute atomic E-state index is 0.187. The Morgan fingerprint density at radius 3 is 2.40 bits per heavy atom. The first-order chi connectivity index (χ1) is 7.06. The highest BCUT2D eigenvalue weighted by Crippen LogP contribution is 2.05. The molecule has 15 heavy (non-hydrogen) atoms. The fourth-order valence-corrected chi connectivity index (χ4v) is 0.809. The van der Waals surface area contributed by atoms with E-state index in [0.29, 0.717) is 17.9 Å². The average Bonchev–Trinajstić information content (AvgIpc) is 2.24. The van der Waals surface area contributed by atoms with Gasteiger partial charge in [-0.2, -0.15) is 0 Å². The van der Waals surface area contributed by atoms with Crippen molar-refractivity contribution in [3.8, 4) is 0 Å². The molecule has 0 aliphatic carbocycles. The minimum atomic E-state index is -0.561. The van der Waals surface area contributed by atoms with Crippen molar-refractivity contribution in [1.29, 1.82) is 0 Å². The molecule has 0 fully saturated rings. The van der Waals surface area contributed by atoms with E-state index in [1.165, 1.54) is 0 Å². The fourth-order valence-electron chi connectivity index (χ4n) is 0.809. The Morgan fingerprint density at radius 2 is 2.00 bits per heavy atom. The van der Waals surface area contributed by atoms with E-state index < -0.39 is 11.9 Å². The van der Waals surface area contributed by atoms with Crippen molar-refractivity contribution in [2.75, 3.05) is 0 Å². The summed E-state index contributed by atoms with van der Waals surface area (Å²) in [5.41, 5.74) is 0. The van der Waals surface area contributed by atoms with Crippen LogP contribution in [0.4, 0.5) is 0 Å². The van der Waals surface area contributed by atoms with Gasteiger partial charge >= 0.3 is 5.97 Å². The molecule has 5 nitrogen and oxygen atoms in total. The maximum Gasteiger partial charge on any atom is 0.335 e. The van der Waals surface area contributed by atoms with Crippen LogP contribution in [0, 0.1) is 5.92 Å². The van der Waals surface area contributed by atoms with Crippen molar-refractivity contribution in [3.63, 3.8) is 0 Å². The zero-order valence-electron chi connectivity index (χ0n) is 9.36. The van der Waals surface area contributed by atoms with Crippen LogP contribution in [-0.4, -0.2) is 23.3 Å². The molecule has 1 atom stereocenters. The van der Waals surface area contributed by atoms with Crippen molar-refractivity contribution in [2.24, 2.45) is 5.92 Å². The Labute approximate surface area is 89.3 Å². The van der Waals surface area contributed by atoms with Crippen molar-refractivity contribution < 1.29 is 19.2 Å². The van der Waals surface area contributed by atoms with Crippen molar-refractivity contribution in [3.05, 3.63) is 0 Å².